The minimum absolute atomic E-state index is 0.305. The number of ether oxygens (including phenoxy) is 2. The molecule has 5 heteroatoms. The minimum atomic E-state index is -0.305. The van der Waals surface area contributed by atoms with E-state index in [1.54, 1.807) is 20.5 Å². The fourth-order valence-corrected chi connectivity index (χ4v) is 2.93. The van der Waals surface area contributed by atoms with Crippen LogP contribution < -0.4 is 15.2 Å². The van der Waals surface area contributed by atoms with Crippen LogP contribution in [0.25, 0.3) is 0 Å². The van der Waals surface area contributed by atoms with Gasteiger partial charge in [-0.3, -0.25) is 0 Å². The van der Waals surface area contributed by atoms with Gasteiger partial charge in [0, 0.05) is 17.5 Å². The lowest BCUT2D eigenvalue weighted by molar-refractivity contribution is 0.385. The molecule has 0 aliphatic heterocycles. The molecule has 2 N–H and O–H groups in total. The Morgan fingerprint density at radius 1 is 1.20 bits per heavy atom. The third kappa shape index (κ3) is 2.55. The molecule has 108 valence electrons. The number of rotatable bonds is 5. The Bertz CT molecular complexity index is 595. The van der Waals surface area contributed by atoms with E-state index in [4.69, 9.17) is 19.6 Å². The van der Waals surface area contributed by atoms with Gasteiger partial charge in [0.25, 0.3) is 0 Å². The maximum absolute atomic E-state index is 6.37. The van der Waals surface area contributed by atoms with Crippen LogP contribution in [0.2, 0.25) is 0 Å². The molecule has 2 rings (SSSR count). The van der Waals surface area contributed by atoms with Crippen molar-refractivity contribution < 1.29 is 13.9 Å². The van der Waals surface area contributed by atoms with Gasteiger partial charge in [0.2, 0.25) is 0 Å². The lowest BCUT2D eigenvalue weighted by Crippen LogP contribution is -2.14. The van der Waals surface area contributed by atoms with Gasteiger partial charge in [0.15, 0.2) is 0 Å². The van der Waals surface area contributed by atoms with E-state index in [1.165, 1.54) is 0 Å². The van der Waals surface area contributed by atoms with Gasteiger partial charge in [-0.15, -0.1) is 0 Å². The molecule has 0 saturated carbocycles. The maximum Gasteiger partial charge on any atom is 0.141 e. The Kier molecular flexibility index (Phi) is 4.73. The highest BCUT2D eigenvalue weighted by Gasteiger charge is 2.21. The lowest BCUT2D eigenvalue weighted by Gasteiger charge is -2.18. The summed E-state index contributed by atoms with van der Waals surface area (Å²) in [4.78, 5) is 0. The van der Waals surface area contributed by atoms with Gasteiger partial charge >= 0.3 is 0 Å². The number of methoxy groups -OCH3 is 2. The van der Waals surface area contributed by atoms with E-state index < -0.39 is 0 Å². The van der Waals surface area contributed by atoms with Crippen LogP contribution in [0.3, 0.4) is 0 Å². The number of aryl methyl sites for hydroxylation is 1. The number of furan rings is 1. The summed E-state index contributed by atoms with van der Waals surface area (Å²) in [6.45, 7) is 2.04. The summed E-state index contributed by atoms with van der Waals surface area (Å²) in [5, 5.41) is 0. The second-order valence-electron chi connectivity index (χ2n) is 4.33. The summed E-state index contributed by atoms with van der Waals surface area (Å²) in [5.74, 6) is 2.28. The van der Waals surface area contributed by atoms with Crippen LogP contribution in [0.1, 0.15) is 29.9 Å². The molecule has 2 aromatic rings. The van der Waals surface area contributed by atoms with Gasteiger partial charge in [-0.25, -0.2) is 0 Å². The average molecular weight is 340 g/mol. The van der Waals surface area contributed by atoms with E-state index in [9.17, 15) is 0 Å². The topological polar surface area (TPSA) is 57.6 Å². The molecular formula is C15H18BrNO3. The number of hydrogen-bond donors (Lipinski definition) is 1. The van der Waals surface area contributed by atoms with Crippen molar-refractivity contribution in [3.05, 3.63) is 45.8 Å². The predicted octanol–water partition coefficient (Wildman–Crippen LogP) is 3.67. The first kappa shape index (κ1) is 14.9. The van der Waals surface area contributed by atoms with E-state index in [2.05, 4.69) is 15.9 Å². The third-order valence-electron chi connectivity index (χ3n) is 3.29. The Hall–Kier alpha value is -1.46. The molecule has 0 fully saturated rings. The van der Waals surface area contributed by atoms with Crippen LogP contribution in [-0.2, 0) is 6.42 Å². The van der Waals surface area contributed by atoms with Crippen LogP contribution in [-0.4, -0.2) is 14.2 Å². The minimum Gasteiger partial charge on any atom is -0.495 e. The van der Waals surface area contributed by atoms with Gasteiger partial charge in [-0.1, -0.05) is 6.92 Å². The highest BCUT2D eigenvalue weighted by molar-refractivity contribution is 9.10. The Morgan fingerprint density at radius 2 is 1.95 bits per heavy atom. The molecule has 1 aromatic carbocycles. The van der Waals surface area contributed by atoms with Crippen molar-refractivity contribution in [3.8, 4) is 11.5 Å². The van der Waals surface area contributed by atoms with Crippen molar-refractivity contribution in [1.29, 1.82) is 0 Å². The maximum atomic E-state index is 6.37. The van der Waals surface area contributed by atoms with Crippen LogP contribution in [0, 0.1) is 0 Å². The molecule has 4 nitrogen and oxygen atoms in total. The van der Waals surface area contributed by atoms with Crippen LogP contribution in [0.15, 0.2) is 33.4 Å². The first-order valence-corrected chi connectivity index (χ1v) is 7.15. The SMILES string of the molecule is CCc1occc1C(N)c1ccc(OC)c(Br)c1OC. The summed E-state index contributed by atoms with van der Waals surface area (Å²) in [6, 6.07) is 5.38. The largest absolute Gasteiger partial charge is 0.495 e. The van der Waals surface area contributed by atoms with Gasteiger partial charge in [-0.2, -0.15) is 0 Å². The van der Waals surface area contributed by atoms with Gasteiger partial charge < -0.3 is 19.6 Å². The molecule has 1 unspecified atom stereocenters. The van der Waals surface area contributed by atoms with Crippen molar-refractivity contribution in [2.75, 3.05) is 14.2 Å². The fraction of sp³-hybridized carbons (Fsp3) is 0.333. The summed E-state index contributed by atoms with van der Waals surface area (Å²) in [6.07, 6.45) is 2.47. The predicted molar refractivity (Wildman–Crippen MR) is 81.4 cm³/mol. The van der Waals surface area contributed by atoms with Crippen LogP contribution >= 0.6 is 15.9 Å². The van der Waals surface area contributed by atoms with Crippen LogP contribution in [0.4, 0.5) is 0 Å². The van der Waals surface area contributed by atoms with Crippen LogP contribution in [0.5, 0.6) is 11.5 Å². The molecule has 0 aliphatic rings. The molecule has 20 heavy (non-hydrogen) atoms. The highest BCUT2D eigenvalue weighted by atomic mass is 79.9. The quantitative estimate of drug-likeness (QED) is 0.902. The molecule has 0 radical (unpaired) electrons. The molecule has 1 heterocycles. The molecule has 0 aliphatic carbocycles. The molecular weight excluding hydrogens is 322 g/mol. The Morgan fingerprint density at radius 3 is 2.55 bits per heavy atom. The molecule has 0 amide bonds. The second kappa shape index (κ2) is 6.33. The van der Waals surface area contributed by atoms with Crippen molar-refractivity contribution >= 4 is 15.9 Å². The normalized spacial score (nSPS) is 12.2. The molecule has 0 spiro atoms. The van der Waals surface area contributed by atoms with Crippen molar-refractivity contribution in [2.24, 2.45) is 5.73 Å². The zero-order chi connectivity index (χ0) is 14.7. The summed E-state index contributed by atoms with van der Waals surface area (Å²) >= 11 is 3.49. The summed E-state index contributed by atoms with van der Waals surface area (Å²) in [7, 11) is 3.23. The first-order valence-electron chi connectivity index (χ1n) is 6.36. The lowest BCUT2D eigenvalue weighted by atomic mass is 9.98. The third-order valence-corrected chi connectivity index (χ3v) is 4.04. The zero-order valence-electron chi connectivity index (χ0n) is 11.8. The van der Waals surface area contributed by atoms with Gasteiger partial charge in [-0.05, 0) is 34.1 Å². The summed E-state index contributed by atoms with van der Waals surface area (Å²) in [5.41, 5.74) is 8.23. The number of nitrogens with two attached hydrogens (primary N) is 1. The first-order chi connectivity index (χ1) is 9.63. The summed E-state index contributed by atoms with van der Waals surface area (Å²) < 4.78 is 17.0. The average Bonchev–Trinajstić information content (AvgIpc) is 2.94. The van der Waals surface area contributed by atoms with Crippen molar-refractivity contribution in [1.82, 2.24) is 0 Å². The van der Waals surface area contributed by atoms with Gasteiger partial charge in [0.1, 0.15) is 21.7 Å². The second-order valence-corrected chi connectivity index (χ2v) is 5.13. The monoisotopic (exact) mass is 339 g/mol. The molecule has 0 saturated heterocycles. The number of hydrogen-bond acceptors (Lipinski definition) is 4. The van der Waals surface area contributed by atoms with Crippen molar-refractivity contribution in [2.45, 2.75) is 19.4 Å². The fourth-order valence-electron chi connectivity index (χ4n) is 2.25. The highest BCUT2D eigenvalue weighted by Crippen LogP contribution is 2.41. The molecule has 0 bridgehead atoms. The van der Waals surface area contributed by atoms with E-state index in [-0.39, 0.29) is 6.04 Å². The van der Waals surface area contributed by atoms with Gasteiger partial charge in [0.05, 0.1) is 26.5 Å². The standard InChI is InChI=1S/C15H18BrNO3/c1-4-11-9(7-8-20-11)14(17)10-5-6-12(18-2)13(16)15(10)19-3/h5-8,14H,4,17H2,1-3H3. The van der Waals surface area contributed by atoms with E-state index >= 15 is 0 Å². The van der Waals surface area contributed by atoms with E-state index in [0.717, 1.165) is 27.8 Å². The number of halogens is 1. The van der Waals surface area contributed by atoms with Crippen molar-refractivity contribution in [3.63, 3.8) is 0 Å². The Labute approximate surface area is 127 Å². The van der Waals surface area contributed by atoms with E-state index in [0.29, 0.717) is 11.5 Å². The molecule has 1 atom stereocenters. The number of benzene rings is 1. The molecule has 1 aromatic heterocycles. The van der Waals surface area contributed by atoms with E-state index in [1.807, 2.05) is 25.1 Å². The smallest absolute Gasteiger partial charge is 0.141 e. The Balaban J connectivity index is 2.49. The zero-order valence-corrected chi connectivity index (χ0v) is 13.4.